The van der Waals surface area contributed by atoms with Gasteiger partial charge in [-0.05, 0) is 44.7 Å². The summed E-state index contributed by atoms with van der Waals surface area (Å²) < 4.78 is 0. The predicted molar refractivity (Wildman–Crippen MR) is 84.6 cm³/mol. The second-order valence-corrected chi connectivity index (χ2v) is 5.39. The smallest absolute Gasteiger partial charge is 0.220 e. The zero-order chi connectivity index (χ0) is 14.6. The van der Waals surface area contributed by atoms with Gasteiger partial charge in [0.25, 0.3) is 0 Å². The van der Waals surface area contributed by atoms with Gasteiger partial charge in [-0.3, -0.25) is 4.79 Å². The highest BCUT2D eigenvalue weighted by Crippen LogP contribution is 2.07. The summed E-state index contributed by atoms with van der Waals surface area (Å²) >= 11 is 0. The van der Waals surface area contributed by atoms with Crippen LogP contribution in [-0.2, 0) is 11.2 Å². The molecule has 3 N–H and O–H groups in total. The molecule has 0 atom stereocenters. The molecule has 0 spiro atoms. The van der Waals surface area contributed by atoms with Gasteiger partial charge in [-0.2, -0.15) is 0 Å². The molecule has 3 heteroatoms. The minimum Gasteiger partial charge on any atom is -0.356 e. The molecule has 0 radical (unpaired) electrons. The predicted octanol–water partition coefficient (Wildman–Crippen LogP) is 2.95. The first kappa shape index (κ1) is 16.7. The van der Waals surface area contributed by atoms with Crippen LogP contribution in [0.3, 0.4) is 0 Å². The van der Waals surface area contributed by atoms with E-state index >= 15 is 0 Å². The third-order valence-corrected chi connectivity index (χ3v) is 3.44. The van der Waals surface area contributed by atoms with Gasteiger partial charge >= 0.3 is 0 Å². The van der Waals surface area contributed by atoms with Crippen molar-refractivity contribution in [3.63, 3.8) is 0 Å². The molecule has 3 nitrogen and oxygen atoms in total. The molecule has 0 aliphatic heterocycles. The molecule has 1 aromatic rings. The van der Waals surface area contributed by atoms with Crippen LogP contribution in [0.25, 0.3) is 0 Å². The van der Waals surface area contributed by atoms with E-state index < -0.39 is 0 Å². The van der Waals surface area contributed by atoms with E-state index in [0.29, 0.717) is 6.42 Å². The number of rotatable bonds is 10. The van der Waals surface area contributed by atoms with Crippen LogP contribution in [0.5, 0.6) is 0 Å². The molecule has 1 rings (SSSR count). The van der Waals surface area contributed by atoms with Crippen LogP contribution in [0.4, 0.5) is 0 Å². The summed E-state index contributed by atoms with van der Waals surface area (Å²) in [7, 11) is 0. The zero-order valence-electron chi connectivity index (χ0n) is 12.7. The van der Waals surface area contributed by atoms with Gasteiger partial charge in [0.05, 0.1) is 0 Å². The van der Waals surface area contributed by atoms with Crippen LogP contribution >= 0.6 is 0 Å². The van der Waals surface area contributed by atoms with E-state index in [9.17, 15) is 4.79 Å². The minimum atomic E-state index is 0.177. The van der Waals surface area contributed by atoms with Crippen molar-refractivity contribution in [3.05, 3.63) is 35.4 Å². The van der Waals surface area contributed by atoms with Crippen molar-refractivity contribution in [1.82, 2.24) is 5.32 Å². The van der Waals surface area contributed by atoms with Crippen LogP contribution in [0, 0.1) is 6.92 Å². The third-order valence-electron chi connectivity index (χ3n) is 3.44. The van der Waals surface area contributed by atoms with Gasteiger partial charge in [0.2, 0.25) is 5.91 Å². The lowest BCUT2D eigenvalue weighted by molar-refractivity contribution is -0.121. The summed E-state index contributed by atoms with van der Waals surface area (Å²) in [4.78, 5) is 11.6. The van der Waals surface area contributed by atoms with Crippen molar-refractivity contribution >= 4 is 5.91 Å². The Hall–Kier alpha value is -1.35. The van der Waals surface area contributed by atoms with E-state index in [1.807, 2.05) is 0 Å². The lowest BCUT2D eigenvalue weighted by Crippen LogP contribution is -2.24. The normalized spacial score (nSPS) is 10.5. The van der Waals surface area contributed by atoms with Crippen LogP contribution in [-0.4, -0.2) is 19.0 Å². The molecule has 0 aromatic heterocycles. The van der Waals surface area contributed by atoms with Crippen LogP contribution in [0.2, 0.25) is 0 Å². The number of aryl methyl sites for hydroxylation is 2. The first-order valence-electron chi connectivity index (χ1n) is 7.74. The summed E-state index contributed by atoms with van der Waals surface area (Å²) in [6.07, 6.45) is 6.98. The number of amides is 1. The second-order valence-electron chi connectivity index (χ2n) is 5.39. The molecule has 0 bridgehead atoms. The Balaban J connectivity index is 2.01. The van der Waals surface area contributed by atoms with Crippen molar-refractivity contribution in [1.29, 1.82) is 0 Å². The van der Waals surface area contributed by atoms with Crippen LogP contribution in [0.1, 0.15) is 49.7 Å². The Morgan fingerprint density at radius 3 is 2.45 bits per heavy atom. The van der Waals surface area contributed by atoms with Gasteiger partial charge in [-0.1, -0.05) is 42.7 Å². The first-order chi connectivity index (χ1) is 9.72. The molecule has 0 saturated carbocycles. The van der Waals surface area contributed by atoms with Gasteiger partial charge < -0.3 is 11.1 Å². The molecule has 0 saturated heterocycles. The zero-order valence-corrected chi connectivity index (χ0v) is 12.7. The fourth-order valence-electron chi connectivity index (χ4n) is 2.15. The SMILES string of the molecule is Cc1ccc(CCCC(=O)NCCCCCCN)cc1. The first-order valence-corrected chi connectivity index (χ1v) is 7.74. The number of unbranched alkanes of at least 4 members (excludes halogenated alkanes) is 3. The van der Waals surface area contributed by atoms with Crippen LogP contribution < -0.4 is 11.1 Å². The summed E-state index contributed by atoms with van der Waals surface area (Å²) in [5, 5.41) is 2.98. The summed E-state index contributed by atoms with van der Waals surface area (Å²) in [5.41, 5.74) is 8.02. The molecule has 0 heterocycles. The largest absolute Gasteiger partial charge is 0.356 e. The fraction of sp³-hybridized carbons (Fsp3) is 0.588. The average molecular weight is 276 g/mol. The molecule has 1 amide bonds. The molecule has 20 heavy (non-hydrogen) atoms. The van der Waals surface area contributed by atoms with E-state index in [1.54, 1.807) is 0 Å². The number of benzene rings is 1. The van der Waals surface area contributed by atoms with E-state index in [0.717, 1.165) is 45.2 Å². The quantitative estimate of drug-likeness (QED) is 0.646. The maximum atomic E-state index is 11.6. The number of carbonyl (C=O) groups is 1. The summed E-state index contributed by atoms with van der Waals surface area (Å²) in [6, 6.07) is 8.53. The third kappa shape index (κ3) is 7.95. The van der Waals surface area contributed by atoms with E-state index in [1.165, 1.54) is 17.5 Å². The lowest BCUT2D eigenvalue weighted by atomic mass is 10.1. The molecule has 112 valence electrons. The molecule has 0 fully saturated rings. The number of nitrogens with two attached hydrogens (primary N) is 1. The van der Waals surface area contributed by atoms with Crippen molar-refractivity contribution in [3.8, 4) is 0 Å². The molecule has 1 aromatic carbocycles. The number of hydrogen-bond donors (Lipinski definition) is 2. The highest BCUT2D eigenvalue weighted by atomic mass is 16.1. The Labute approximate surface area is 122 Å². The number of hydrogen-bond acceptors (Lipinski definition) is 2. The second kappa shape index (κ2) is 10.4. The van der Waals surface area contributed by atoms with E-state index in [4.69, 9.17) is 5.73 Å². The van der Waals surface area contributed by atoms with Gasteiger partial charge in [0.15, 0.2) is 0 Å². The highest BCUT2D eigenvalue weighted by molar-refractivity contribution is 5.75. The average Bonchev–Trinajstić information content (AvgIpc) is 2.45. The summed E-state index contributed by atoms with van der Waals surface area (Å²) in [5.74, 6) is 0.177. The van der Waals surface area contributed by atoms with Gasteiger partial charge in [0, 0.05) is 13.0 Å². The summed E-state index contributed by atoms with van der Waals surface area (Å²) in [6.45, 7) is 3.66. The Bertz CT molecular complexity index is 373. The monoisotopic (exact) mass is 276 g/mol. The number of carbonyl (C=O) groups excluding carboxylic acids is 1. The van der Waals surface area contributed by atoms with Crippen molar-refractivity contribution in [2.45, 2.75) is 51.9 Å². The Morgan fingerprint density at radius 2 is 1.75 bits per heavy atom. The molecular formula is C17H28N2O. The molecule has 0 aliphatic rings. The van der Waals surface area contributed by atoms with Crippen molar-refractivity contribution < 1.29 is 4.79 Å². The van der Waals surface area contributed by atoms with Crippen molar-refractivity contribution in [2.24, 2.45) is 5.73 Å². The van der Waals surface area contributed by atoms with Crippen LogP contribution in [0.15, 0.2) is 24.3 Å². The molecule has 0 unspecified atom stereocenters. The lowest BCUT2D eigenvalue weighted by Gasteiger charge is -2.05. The van der Waals surface area contributed by atoms with Gasteiger partial charge in [-0.15, -0.1) is 0 Å². The maximum Gasteiger partial charge on any atom is 0.220 e. The van der Waals surface area contributed by atoms with Gasteiger partial charge in [0.1, 0.15) is 0 Å². The minimum absolute atomic E-state index is 0.177. The maximum absolute atomic E-state index is 11.6. The fourth-order valence-corrected chi connectivity index (χ4v) is 2.15. The number of nitrogens with one attached hydrogen (secondary N) is 1. The highest BCUT2D eigenvalue weighted by Gasteiger charge is 2.01. The standard InChI is InChI=1S/C17H28N2O/c1-15-9-11-16(12-10-15)7-6-8-17(20)19-14-5-3-2-4-13-18/h9-12H,2-8,13-14,18H2,1H3,(H,19,20). The van der Waals surface area contributed by atoms with E-state index in [2.05, 4.69) is 36.5 Å². The molecular weight excluding hydrogens is 248 g/mol. The topological polar surface area (TPSA) is 55.1 Å². The Morgan fingerprint density at radius 1 is 1.05 bits per heavy atom. The Kier molecular flexibility index (Phi) is 8.72. The van der Waals surface area contributed by atoms with E-state index in [-0.39, 0.29) is 5.91 Å². The molecule has 0 aliphatic carbocycles. The van der Waals surface area contributed by atoms with Gasteiger partial charge in [-0.25, -0.2) is 0 Å². The van der Waals surface area contributed by atoms with Crippen molar-refractivity contribution in [2.75, 3.05) is 13.1 Å².